The minimum atomic E-state index is -2.47. The van der Waals surface area contributed by atoms with Crippen LogP contribution in [0.3, 0.4) is 0 Å². The molecule has 0 spiro atoms. The molecule has 1 amide bonds. The number of ketones is 2. The van der Waals surface area contributed by atoms with Crippen molar-refractivity contribution in [2.45, 2.75) is 31.8 Å². The van der Waals surface area contributed by atoms with Crippen LogP contribution in [0.2, 0.25) is 5.02 Å². The molecular weight excluding hydrogens is 500 g/mol. The maximum absolute atomic E-state index is 14.0. The highest BCUT2D eigenvalue weighted by atomic mass is 35.5. The number of aliphatic hydroxyl groups is 2. The summed E-state index contributed by atoms with van der Waals surface area (Å²) < 4.78 is 5.53. The summed E-state index contributed by atoms with van der Waals surface area (Å²) in [5, 5.41) is 25.8. The number of aliphatic hydroxyl groups excluding tert-OH is 1. The molecular formula is C27H23ClN2O7. The van der Waals surface area contributed by atoms with Gasteiger partial charge in [-0.1, -0.05) is 23.7 Å². The SMILES string of the molecule is COc1ccc(Cl)cc1-c1ccc(C)c2c1C[C@H]1C[C@H]3CC(=O)C(C(N)=O)=C(O)[C@@]3(O)C(N=O)=C1C2=O. The molecule has 3 atom stereocenters. The lowest BCUT2D eigenvalue weighted by Gasteiger charge is -2.46. The molecule has 0 bridgehead atoms. The topological polar surface area (TPSA) is 156 Å². The fourth-order valence-electron chi connectivity index (χ4n) is 6.08. The highest BCUT2D eigenvalue weighted by molar-refractivity contribution is 6.31. The van der Waals surface area contributed by atoms with E-state index >= 15 is 0 Å². The predicted molar refractivity (Wildman–Crippen MR) is 134 cm³/mol. The monoisotopic (exact) mass is 522 g/mol. The second-order valence-electron chi connectivity index (χ2n) is 9.63. The second kappa shape index (κ2) is 8.64. The molecule has 37 heavy (non-hydrogen) atoms. The van der Waals surface area contributed by atoms with Gasteiger partial charge in [0.2, 0.25) is 0 Å². The highest BCUT2D eigenvalue weighted by Crippen LogP contribution is 2.54. The number of halogens is 1. The summed E-state index contributed by atoms with van der Waals surface area (Å²) in [5.74, 6) is -4.51. The predicted octanol–water partition coefficient (Wildman–Crippen LogP) is 3.72. The maximum atomic E-state index is 14.0. The summed E-state index contributed by atoms with van der Waals surface area (Å²) in [6, 6.07) is 8.81. The van der Waals surface area contributed by atoms with Gasteiger partial charge in [0.15, 0.2) is 17.2 Å². The van der Waals surface area contributed by atoms with Crippen molar-refractivity contribution in [3.05, 3.63) is 79.6 Å². The molecule has 3 aliphatic rings. The van der Waals surface area contributed by atoms with Gasteiger partial charge in [-0.25, -0.2) is 0 Å². The van der Waals surface area contributed by atoms with Crippen molar-refractivity contribution < 1.29 is 29.3 Å². The zero-order valence-corrected chi connectivity index (χ0v) is 20.8. The van der Waals surface area contributed by atoms with Gasteiger partial charge >= 0.3 is 0 Å². The molecule has 3 aliphatic carbocycles. The van der Waals surface area contributed by atoms with Crippen LogP contribution in [0.1, 0.15) is 34.3 Å². The molecule has 4 N–H and O–H groups in total. The molecule has 0 aliphatic heterocycles. The van der Waals surface area contributed by atoms with Crippen LogP contribution in [0, 0.1) is 23.7 Å². The van der Waals surface area contributed by atoms with Crippen LogP contribution in [0.15, 0.2) is 58.1 Å². The quantitative estimate of drug-likeness (QED) is 0.408. The number of nitrogens with two attached hydrogens (primary N) is 1. The van der Waals surface area contributed by atoms with E-state index in [1.54, 1.807) is 31.2 Å². The molecule has 190 valence electrons. The Morgan fingerprint density at radius 1 is 1.19 bits per heavy atom. The minimum Gasteiger partial charge on any atom is -0.508 e. The van der Waals surface area contributed by atoms with Crippen LogP contribution in [0.4, 0.5) is 0 Å². The van der Waals surface area contributed by atoms with E-state index in [1.165, 1.54) is 7.11 Å². The van der Waals surface area contributed by atoms with Crippen LogP contribution in [0.25, 0.3) is 11.1 Å². The first-order valence-electron chi connectivity index (χ1n) is 11.6. The van der Waals surface area contributed by atoms with Crippen molar-refractivity contribution in [2.24, 2.45) is 22.7 Å². The van der Waals surface area contributed by atoms with Gasteiger partial charge in [0.05, 0.1) is 7.11 Å². The van der Waals surface area contributed by atoms with Gasteiger partial charge in [0, 0.05) is 34.1 Å². The summed E-state index contributed by atoms with van der Waals surface area (Å²) >= 11 is 6.27. The molecule has 0 heterocycles. The number of carbonyl (C=O) groups excluding carboxylic acids is 3. The zero-order valence-electron chi connectivity index (χ0n) is 20.0. The number of nitrogens with zero attached hydrogens (tertiary/aromatic N) is 1. The Balaban J connectivity index is 1.76. The summed E-state index contributed by atoms with van der Waals surface area (Å²) in [4.78, 5) is 50.6. The number of methoxy groups -OCH3 is 1. The minimum absolute atomic E-state index is 0.0377. The summed E-state index contributed by atoms with van der Waals surface area (Å²) in [6.07, 6.45) is 0.0550. The fraction of sp³-hybridized carbons (Fsp3) is 0.296. The number of nitroso groups, excluding NO2 is 1. The van der Waals surface area contributed by atoms with E-state index in [-0.39, 0.29) is 18.4 Å². The molecule has 0 aromatic heterocycles. The van der Waals surface area contributed by atoms with Gasteiger partial charge < -0.3 is 20.7 Å². The van der Waals surface area contributed by atoms with Crippen LogP contribution in [-0.2, 0) is 16.0 Å². The third kappa shape index (κ3) is 3.45. The molecule has 0 saturated carbocycles. The van der Waals surface area contributed by atoms with Gasteiger partial charge in [-0.15, -0.1) is 4.91 Å². The largest absolute Gasteiger partial charge is 0.508 e. The number of aryl methyl sites for hydroxylation is 1. The molecule has 9 nitrogen and oxygen atoms in total. The summed E-state index contributed by atoms with van der Waals surface area (Å²) in [7, 11) is 1.53. The molecule has 2 aromatic carbocycles. The van der Waals surface area contributed by atoms with E-state index in [2.05, 4.69) is 5.18 Å². The Kier molecular flexibility index (Phi) is 5.80. The van der Waals surface area contributed by atoms with Crippen molar-refractivity contribution in [3.63, 3.8) is 0 Å². The smallest absolute Gasteiger partial charge is 0.255 e. The number of allylic oxidation sites excluding steroid dienone is 1. The van der Waals surface area contributed by atoms with Gasteiger partial charge in [-0.05, 0) is 65.7 Å². The van der Waals surface area contributed by atoms with Gasteiger partial charge in [0.25, 0.3) is 5.91 Å². The Morgan fingerprint density at radius 2 is 1.92 bits per heavy atom. The lowest BCUT2D eigenvalue weighted by Crippen LogP contribution is -2.53. The normalized spacial score (nSPS) is 24.9. The van der Waals surface area contributed by atoms with E-state index in [0.29, 0.717) is 33.9 Å². The van der Waals surface area contributed by atoms with Crippen LogP contribution < -0.4 is 10.5 Å². The third-order valence-electron chi connectivity index (χ3n) is 7.73. The first kappa shape index (κ1) is 24.9. The van der Waals surface area contributed by atoms with Crippen LogP contribution >= 0.6 is 11.6 Å². The lowest BCUT2D eigenvalue weighted by atomic mass is 9.59. The Labute approximate surface area is 216 Å². The maximum Gasteiger partial charge on any atom is 0.255 e. The standard InChI is InChI=1S/C27H23ClN2O7/c1-11-3-5-15(16-10-14(28)4-6-19(16)37-2)17-8-12-7-13-9-18(31)22(26(29)34)25(33)27(13,35)24(30-36)21(12)23(32)20(11)17/h3-6,10,12-13,33,35H,7-9H2,1-2H3,(H2,29,34)/t12-,13+,27+/m1/s1. The van der Waals surface area contributed by atoms with E-state index in [0.717, 1.165) is 11.1 Å². The average molecular weight is 523 g/mol. The van der Waals surface area contributed by atoms with Crippen LogP contribution in [-0.4, -0.2) is 40.4 Å². The number of rotatable bonds is 4. The van der Waals surface area contributed by atoms with Crippen molar-refractivity contribution in [2.75, 3.05) is 7.11 Å². The van der Waals surface area contributed by atoms with Crippen molar-refractivity contribution in [3.8, 4) is 16.9 Å². The Hall–Kier alpha value is -3.82. The Bertz CT molecular complexity index is 1490. The number of ether oxygens (including phenoxy) is 1. The average Bonchev–Trinajstić information content (AvgIpc) is 2.84. The fourth-order valence-corrected chi connectivity index (χ4v) is 6.25. The highest BCUT2D eigenvalue weighted by Gasteiger charge is 2.58. The van der Waals surface area contributed by atoms with Gasteiger partial charge in [0.1, 0.15) is 22.8 Å². The van der Waals surface area contributed by atoms with E-state index in [9.17, 15) is 29.5 Å². The van der Waals surface area contributed by atoms with Gasteiger partial charge in [-0.3, -0.25) is 14.4 Å². The number of carbonyl (C=O) groups is 3. The van der Waals surface area contributed by atoms with Crippen molar-refractivity contribution >= 4 is 29.1 Å². The number of primary amides is 1. The number of Topliss-reactive ketones (excluding diaryl/α,β-unsaturated/α-hetero) is 2. The number of hydrogen-bond acceptors (Lipinski definition) is 8. The van der Waals surface area contributed by atoms with Crippen LogP contribution in [0.5, 0.6) is 5.75 Å². The number of benzene rings is 2. The Morgan fingerprint density at radius 3 is 2.57 bits per heavy atom. The van der Waals surface area contributed by atoms with E-state index in [1.807, 2.05) is 6.07 Å². The molecule has 10 heteroatoms. The molecule has 0 fully saturated rings. The number of fused-ring (bicyclic) bond motifs is 3. The lowest BCUT2D eigenvalue weighted by molar-refractivity contribution is -0.126. The molecule has 2 aromatic rings. The summed E-state index contributed by atoms with van der Waals surface area (Å²) in [5.41, 5.74) is 4.51. The molecule has 0 saturated heterocycles. The van der Waals surface area contributed by atoms with E-state index < -0.39 is 51.9 Å². The van der Waals surface area contributed by atoms with Crippen molar-refractivity contribution in [1.29, 1.82) is 0 Å². The van der Waals surface area contributed by atoms with E-state index in [4.69, 9.17) is 22.1 Å². The third-order valence-corrected chi connectivity index (χ3v) is 7.96. The number of amides is 1. The first-order valence-corrected chi connectivity index (χ1v) is 12.0. The van der Waals surface area contributed by atoms with Crippen molar-refractivity contribution in [1.82, 2.24) is 0 Å². The second-order valence-corrected chi connectivity index (χ2v) is 10.1. The van der Waals surface area contributed by atoms with Gasteiger partial charge in [-0.2, -0.15) is 0 Å². The summed E-state index contributed by atoms with van der Waals surface area (Å²) in [6.45, 7) is 1.76. The zero-order chi connectivity index (χ0) is 26.8. The number of hydrogen-bond donors (Lipinski definition) is 3. The molecule has 0 unspecified atom stereocenters. The molecule has 0 radical (unpaired) electrons. The molecule has 5 rings (SSSR count). The first-order chi connectivity index (χ1) is 17.5.